The third-order valence-corrected chi connectivity index (χ3v) is 4.55. The number of amides is 1. The normalized spacial score (nSPS) is 10.9. The van der Waals surface area contributed by atoms with Crippen molar-refractivity contribution in [3.8, 4) is 0 Å². The molecule has 0 spiro atoms. The van der Waals surface area contributed by atoms with Crippen molar-refractivity contribution in [2.45, 2.75) is 13.5 Å². The molecule has 0 atom stereocenters. The molecule has 10 nitrogen and oxygen atoms in total. The molecular weight excluding hydrogens is 416 g/mol. The average molecular weight is 438 g/mol. The SMILES string of the molecule is CCN(C(=O)COC(=O)C=Cc1ccco1)c1c(N)n(Cc2ccccc2)c(=O)[nH]c1=O. The summed E-state index contributed by atoms with van der Waals surface area (Å²) in [5.41, 5.74) is 5.22. The minimum Gasteiger partial charge on any atom is -0.465 e. The Morgan fingerprint density at radius 2 is 1.94 bits per heavy atom. The van der Waals surface area contributed by atoms with Gasteiger partial charge in [-0.3, -0.25) is 19.1 Å². The molecule has 0 unspecified atom stereocenters. The molecule has 0 bridgehead atoms. The predicted molar refractivity (Wildman–Crippen MR) is 118 cm³/mol. The van der Waals surface area contributed by atoms with E-state index < -0.39 is 29.7 Å². The number of aromatic nitrogens is 2. The van der Waals surface area contributed by atoms with E-state index in [2.05, 4.69) is 4.98 Å². The van der Waals surface area contributed by atoms with Crippen LogP contribution in [0.15, 0.2) is 68.8 Å². The summed E-state index contributed by atoms with van der Waals surface area (Å²) in [5.74, 6) is -1.15. The number of ether oxygens (including phenoxy) is 1. The van der Waals surface area contributed by atoms with Crippen molar-refractivity contribution >= 4 is 29.5 Å². The van der Waals surface area contributed by atoms with Crippen LogP contribution in [0.4, 0.5) is 11.5 Å². The van der Waals surface area contributed by atoms with Crippen molar-refractivity contribution in [2.24, 2.45) is 0 Å². The van der Waals surface area contributed by atoms with Gasteiger partial charge < -0.3 is 19.8 Å². The van der Waals surface area contributed by atoms with Gasteiger partial charge in [0.1, 0.15) is 11.6 Å². The van der Waals surface area contributed by atoms with Crippen LogP contribution < -0.4 is 21.9 Å². The van der Waals surface area contributed by atoms with Crippen LogP contribution in [-0.4, -0.2) is 34.6 Å². The molecule has 0 saturated heterocycles. The number of likely N-dealkylation sites (N-methyl/N-ethyl adjacent to an activating group) is 1. The molecule has 0 fully saturated rings. The lowest BCUT2D eigenvalue weighted by Crippen LogP contribution is -2.42. The summed E-state index contributed by atoms with van der Waals surface area (Å²) in [5, 5.41) is 0. The monoisotopic (exact) mass is 438 g/mol. The number of aromatic amines is 1. The van der Waals surface area contributed by atoms with Crippen molar-refractivity contribution in [2.75, 3.05) is 23.8 Å². The van der Waals surface area contributed by atoms with Crippen molar-refractivity contribution in [1.82, 2.24) is 9.55 Å². The summed E-state index contributed by atoms with van der Waals surface area (Å²) < 4.78 is 11.2. The Bertz CT molecular complexity index is 1230. The highest BCUT2D eigenvalue weighted by atomic mass is 16.5. The summed E-state index contributed by atoms with van der Waals surface area (Å²) in [4.78, 5) is 52.6. The molecule has 1 aromatic carbocycles. The van der Waals surface area contributed by atoms with Gasteiger partial charge in [-0.05, 0) is 30.7 Å². The second-order valence-electron chi connectivity index (χ2n) is 6.66. The standard InChI is InChI=1S/C22H22N4O6/c1-2-25(17(27)14-32-18(28)11-10-16-9-6-12-31-16)19-20(23)26(22(30)24-21(19)29)13-15-7-4-3-5-8-15/h3-12H,2,13-14,23H2,1H3,(H,24,29,30). The molecule has 2 aromatic heterocycles. The summed E-state index contributed by atoms with van der Waals surface area (Å²) in [6.45, 7) is 1.18. The van der Waals surface area contributed by atoms with Crippen LogP contribution in [0.5, 0.6) is 0 Å². The zero-order valence-corrected chi connectivity index (χ0v) is 17.3. The first-order chi connectivity index (χ1) is 15.4. The fourth-order valence-electron chi connectivity index (χ4n) is 3.02. The number of H-pyrrole nitrogens is 1. The number of anilines is 2. The molecule has 1 amide bonds. The highest BCUT2D eigenvalue weighted by Crippen LogP contribution is 2.18. The number of nitrogens with zero attached hydrogens (tertiary/aromatic N) is 2. The topological polar surface area (TPSA) is 141 Å². The second kappa shape index (κ2) is 10.1. The second-order valence-corrected chi connectivity index (χ2v) is 6.66. The van der Waals surface area contributed by atoms with E-state index in [1.807, 2.05) is 6.07 Å². The summed E-state index contributed by atoms with van der Waals surface area (Å²) >= 11 is 0. The number of nitrogens with two attached hydrogens (primary N) is 1. The molecule has 10 heteroatoms. The van der Waals surface area contributed by atoms with Gasteiger partial charge in [-0.1, -0.05) is 30.3 Å². The fourth-order valence-corrected chi connectivity index (χ4v) is 3.02. The summed E-state index contributed by atoms with van der Waals surface area (Å²) in [6, 6.07) is 12.3. The Hall–Kier alpha value is -4.34. The van der Waals surface area contributed by atoms with Crippen LogP contribution in [0.3, 0.4) is 0 Å². The van der Waals surface area contributed by atoms with Crippen molar-refractivity contribution in [1.29, 1.82) is 0 Å². The van der Waals surface area contributed by atoms with E-state index in [1.165, 1.54) is 16.9 Å². The van der Waals surface area contributed by atoms with Crippen molar-refractivity contribution in [3.05, 3.63) is 87.0 Å². The molecule has 166 valence electrons. The summed E-state index contributed by atoms with van der Waals surface area (Å²) in [6.07, 6.45) is 3.96. The Morgan fingerprint density at radius 3 is 2.59 bits per heavy atom. The van der Waals surface area contributed by atoms with Gasteiger partial charge in [0, 0.05) is 12.6 Å². The van der Waals surface area contributed by atoms with Crippen LogP contribution in [-0.2, 0) is 20.9 Å². The van der Waals surface area contributed by atoms with Gasteiger partial charge in [-0.15, -0.1) is 0 Å². The minimum absolute atomic E-state index is 0.0649. The molecular formula is C22H22N4O6. The first kappa shape index (κ1) is 22.3. The molecule has 2 heterocycles. The van der Waals surface area contributed by atoms with Crippen molar-refractivity contribution in [3.63, 3.8) is 0 Å². The predicted octanol–water partition coefficient (Wildman–Crippen LogP) is 1.37. The number of benzene rings is 1. The van der Waals surface area contributed by atoms with Gasteiger partial charge >= 0.3 is 11.7 Å². The van der Waals surface area contributed by atoms with E-state index in [4.69, 9.17) is 14.9 Å². The zero-order chi connectivity index (χ0) is 23.1. The number of furan rings is 1. The average Bonchev–Trinajstić information content (AvgIpc) is 3.31. The summed E-state index contributed by atoms with van der Waals surface area (Å²) in [7, 11) is 0. The van der Waals surface area contributed by atoms with Crippen LogP contribution in [0.2, 0.25) is 0 Å². The first-order valence-corrected chi connectivity index (χ1v) is 9.76. The number of nitrogens with one attached hydrogen (secondary N) is 1. The van der Waals surface area contributed by atoms with E-state index in [1.54, 1.807) is 43.3 Å². The Labute approximate surface area is 182 Å². The Morgan fingerprint density at radius 1 is 1.19 bits per heavy atom. The third-order valence-electron chi connectivity index (χ3n) is 4.55. The molecule has 0 aliphatic heterocycles. The quantitative estimate of drug-likeness (QED) is 0.400. The number of hydrogen-bond donors (Lipinski definition) is 2. The lowest BCUT2D eigenvalue weighted by Gasteiger charge is -2.23. The molecule has 0 radical (unpaired) electrons. The smallest absolute Gasteiger partial charge is 0.331 e. The number of nitrogen functional groups attached to an aromatic ring is 1. The minimum atomic E-state index is -0.809. The molecule has 32 heavy (non-hydrogen) atoms. The first-order valence-electron chi connectivity index (χ1n) is 9.76. The third kappa shape index (κ3) is 5.22. The van der Waals surface area contributed by atoms with Crippen LogP contribution >= 0.6 is 0 Å². The Kier molecular flexibility index (Phi) is 7.06. The maximum Gasteiger partial charge on any atom is 0.331 e. The molecule has 0 aliphatic rings. The fraction of sp³-hybridized carbons (Fsp3) is 0.182. The van der Waals surface area contributed by atoms with Crippen LogP contribution in [0.1, 0.15) is 18.2 Å². The van der Waals surface area contributed by atoms with Crippen LogP contribution in [0, 0.1) is 0 Å². The van der Waals surface area contributed by atoms with Crippen molar-refractivity contribution < 1.29 is 18.7 Å². The molecule has 0 saturated carbocycles. The van der Waals surface area contributed by atoms with E-state index >= 15 is 0 Å². The number of esters is 1. The maximum absolute atomic E-state index is 12.7. The van der Waals surface area contributed by atoms with Gasteiger partial charge in [0.2, 0.25) is 0 Å². The van der Waals surface area contributed by atoms with E-state index in [0.29, 0.717) is 5.76 Å². The number of carbonyl (C=O) groups excluding carboxylic acids is 2. The highest BCUT2D eigenvalue weighted by Gasteiger charge is 2.23. The largest absolute Gasteiger partial charge is 0.465 e. The van der Waals surface area contributed by atoms with E-state index in [0.717, 1.165) is 16.5 Å². The molecule has 3 rings (SSSR count). The van der Waals surface area contributed by atoms with Gasteiger partial charge in [0.15, 0.2) is 12.3 Å². The molecule has 0 aliphatic carbocycles. The number of carbonyl (C=O) groups is 2. The van der Waals surface area contributed by atoms with Gasteiger partial charge in [0.25, 0.3) is 11.5 Å². The molecule has 3 aromatic rings. The zero-order valence-electron chi connectivity index (χ0n) is 17.3. The number of rotatable bonds is 8. The van der Waals surface area contributed by atoms with E-state index in [-0.39, 0.29) is 24.6 Å². The van der Waals surface area contributed by atoms with Crippen LogP contribution in [0.25, 0.3) is 6.08 Å². The lowest BCUT2D eigenvalue weighted by atomic mass is 10.2. The van der Waals surface area contributed by atoms with Gasteiger partial charge in [0.05, 0.1) is 12.8 Å². The van der Waals surface area contributed by atoms with Gasteiger partial charge in [-0.25, -0.2) is 9.59 Å². The highest BCUT2D eigenvalue weighted by molar-refractivity contribution is 5.98. The number of hydrogen-bond acceptors (Lipinski definition) is 7. The lowest BCUT2D eigenvalue weighted by molar-refractivity contribution is -0.142. The molecule has 3 N–H and O–H groups in total. The maximum atomic E-state index is 12.7. The Balaban J connectivity index is 1.79. The van der Waals surface area contributed by atoms with Gasteiger partial charge in [-0.2, -0.15) is 0 Å². The van der Waals surface area contributed by atoms with E-state index in [9.17, 15) is 19.2 Å².